The third kappa shape index (κ3) is 3.67. The van der Waals surface area contributed by atoms with Crippen LogP contribution < -0.4 is 14.8 Å². The summed E-state index contributed by atoms with van der Waals surface area (Å²) in [6, 6.07) is 4.75. The van der Waals surface area contributed by atoms with Crippen LogP contribution in [-0.2, 0) is 10.0 Å². The Bertz CT molecular complexity index is 671. The highest BCUT2D eigenvalue weighted by atomic mass is 32.2. The van der Waals surface area contributed by atoms with Gasteiger partial charge >= 0.3 is 0 Å². The van der Waals surface area contributed by atoms with Crippen molar-refractivity contribution in [1.82, 2.24) is 14.5 Å². The summed E-state index contributed by atoms with van der Waals surface area (Å²) in [6.07, 6.45) is 0. The number of methoxy groups -OCH3 is 2. The van der Waals surface area contributed by atoms with Crippen LogP contribution in [0.1, 0.15) is 0 Å². The number of hydrogen-bond acceptors (Lipinski definition) is 5. The van der Waals surface area contributed by atoms with Gasteiger partial charge in [0.15, 0.2) is 5.11 Å². The van der Waals surface area contributed by atoms with Crippen LogP contribution >= 0.6 is 12.2 Å². The molecule has 1 saturated heterocycles. The number of sulfonamides is 1. The van der Waals surface area contributed by atoms with E-state index in [0.717, 1.165) is 0 Å². The van der Waals surface area contributed by atoms with E-state index >= 15 is 0 Å². The van der Waals surface area contributed by atoms with Gasteiger partial charge in [-0.25, -0.2) is 8.42 Å². The standard InChI is InChI=1S/C14H21N3O4S2/c1-15-14(22)16-6-8-17(9-7-16)23(18,19)13-10-11(20-2)4-5-12(13)21-3/h4-5,10H,6-9H2,1-3H3,(H,15,22). The average molecular weight is 359 g/mol. The van der Waals surface area contributed by atoms with E-state index in [4.69, 9.17) is 21.7 Å². The van der Waals surface area contributed by atoms with Crippen LogP contribution in [0, 0.1) is 0 Å². The maximum Gasteiger partial charge on any atom is 0.247 e. The van der Waals surface area contributed by atoms with Crippen molar-refractivity contribution in [3.8, 4) is 11.5 Å². The van der Waals surface area contributed by atoms with Gasteiger partial charge in [0.1, 0.15) is 16.4 Å². The van der Waals surface area contributed by atoms with Gasteiger partial charge in [0, 0.05) is 39.3 Å². The quantitative estimate of drug-likeness (QED) is 0.786. The molecule has 0 unspecified atom stereocenters. The number of piperazine rings is 1. The van der Waals surface area contributed by atoms with Crippen molar-refractivity contribution in [2.24, 2.45) is 0 Å². The lowest BCUT2D eigenvalue weighted by atomic mass is 10.3. The molecule has 1 aromatic carbocycles. The van der Waals surface area contributed by atoms with Crippen LogP contribution in [0.25, 0.3) is 0 Å². The number of ether oxygens (including phenoxy) is 2. The van der Waals surface area contributed by atoms with Gasteiger partial charge in [0.2, 0.25) is 10.0 Å². The third-order valence-corrected chi connectivity index (χ3v) is 6.11. The van der Waals surface area contributed by atoms with Crippen LogP contribution in [0.2, 0.25) is 0 Å². The molecule has 0 bridgehead atoms. The van der Waals surface area contributed by atoms with E-state index in [0.29, 0.717) is 42.8 Å². The first-order valence-corrected chi connectivity index (χ1v) is 8.97. The Balaban J connectivity index is 2.24. The van der Waals surface area contributed by atoms with E-state index in [1.165, 1.54) is 24.6 Å². The molecule has 1 aromatic rings. The van der Waals surface area contributed by atoms with Crippen molar-refractivity contribution in [2.45, 2.75) is 4.90 Å². The van der Waals surface area contributed by atoms with Gasteiger partial charge in [-0.2, -0.15) is 4.31 Å². The number of rotatable bonds is 4. The third-order valence-electron chi connectivity index (χ3n) is 3.73. The lowest BCUT2D eigenvalue weighted by molar-refractivity contribution is 0.264. The molecule has 0 aromatic heterocycles. The molecule has 0 saturated carbocycles. The number of benzene rings is 1. The van der Waals surface area contributed by atoms with Crippen molar-refractivity contribution in [3.63, 3.8) is 0 Å². The second kappa shape index (κ2) is 7.33. The fraction of sp³-hybridized carbons (Fsp3) is 0.500. The first-order valence-electron chi connectivity index (χ1n) is 7.13. The second-order valence-corrected chi connectivity index (χ2v) is 7.26. The molecule has 0 spiro atoms. The molecule has 1 fully saturated rings. The molecule has 0 amide bonds. The molecule has 0 aliphatic carbocycles. The van der Waals surface area contributed by atoms with Crippen molar-refractivity contribution in [3.05, 3.63) is 18.2 Å². The average Bonchev–Trinajstić information content (AvgIpc) is 2.60. The number of thiocarbonyl (C=S) groups is 1. The Morgan fingerprint density at radius 1 is 1.17 bits per heavy atom. The summed E-state index contributed by atoms with van der Waals surface area (Å²) in [5.74, 6) is 0.776. The van der Waals surface area contributed by atoms with Gasteiger partial charge in [0.25, 0.3) is 0 Å². The Morgan fingerprint density at radius 3 is 2.35 bits per heavy atom. The SMILES string of the molecule is CNC(=S)N1CCN(S(=O)(=O)c2cc(OC)ccc2OC)CC1. The maximum absolute atomic E-state index is 12.9. The van der Waals surface area contributed by atoms with Gasteiger partial charge in [-0.05, 0) is 24.4 Å². The van der Waals surface area contributed by atoms with Crippen LogP contribution in [0.4, 0.5) is 0 Å². The summed E-state index contributed by atoms with van der Waals surface area (Å²) < 4.78 is 37.6. The molecular formula is C14H21N3O4S2. The highest BCUT2D eigenvalue weighted by Crippen LogP contribution is 2.31. The lowest BCUT2D eigenvalue weighted by Gasteiger charge is -2.35. The predicted molar refractivity (Wildman–Crippen MR) is 91.5 cm³/mol. The monoisotopic (exact) mass is 359 g/mol. The van der Waals surface area contributed by atoms with Crippen molar-refractivity contribution >= 4 is 27.4 Å². The highest BCUT2D eigenvalue weighted by Gasteiger charge is 2.31. The van der Waals surface area contributed by atoms with E-state index < -0.39 is 10.0 Å². The first-order chi connectivity index (χ1) is 10.9. The van der Waals surface area contributed by atoms with Crippen LogP contribution in [0.3, 0.4) is 0 Å². The molecule has 9 heteroatoms. The Kier molecular flexibility index (Phi) is 5.66. The normalized spacial score (nSPS) is 16.0. The summed E-state index contributed by atoms with van der Waals surface area (Å²) in [5, 5.41) is 3.53. The molecule has 128 valence electrons. The fourth-order valence-electron chi connectivity index (χ4n) is 2.41. The Morgan fingerprint density at radius 2 is 1.83 bits per heavy atom. The smallest absolute Gasteiger partial charge is 0.247 e. The minimum absolute atomic E-state index is 0.115. The van der Waals surface area contributed by atoms with Gasteiger partial charge in [-0.15, -0.1) is 0 Å². The molecule has 0 radical (unpaired) electrons. The number of hydrogen-bond donors (Lipinski definition) is 1. The van der Waals surface area contributed by atoms with E-state index in [1.807, 2.05) is 4.90 Å². The molecule has 0 atom stereocenters. The van der Waals surface area contributed by atoms with Crippen LogP contribution in [0.5, 0.6) is 11.5 Å². The van der Waals surface area contributed by atoms with Crippen LogP contribution in [0.15, 0.2) is 23.1 Å². The van der Waals surface area contributed by atoms with Crippen LogP contribution in [-0.4, -0.2) is 70.2 Å². The predicted octanol–water partition coefficient (Wildman–Crippen LogP) is 0.514. The Hall–Kier alpha value is -1.58. The largest absolute Gasteiger partial charge is 0.497 e. The van der Waals surface area contributed by atoms with E-state index in [9.17, 15) is 8.42 Å². The molecule has 1 aliphatic heterocycles. The molecule has 1 heterocycles. The minimum atomic E-state index is -3.66. The first kappa shape index (κ1) is 17.8. The zero-order valence-corrected chi connectivity index (χ0v) is 15.0. The van der Waals surface area contributed by atoms with Crippen molar-refractivity contribution < 1.29 is 17.9 Å². The molecule has 1 N–H and O–H groups in total. The summed E-state index contributed by atoms with van der Waals surface area (Å²) in [4.78, 5) is 2.06. The van der Waals surface area contributed by atoms with Crippen molar-refractivity contribution in [2.75, 3.05) is 47.4 Å². The zero-order chi connectivity index (χ0) is 17.0. The Labute approximate surface area is 142 Å². The molecule has 7 nitrogen and oxygen atoms in total. The van der Waals surface area contributed by atoms with Gasteiger partial charge < -0.3 is 19.7 Å². The second-order valence-electron chi connectivity index (χ2n) is 4.96. The molecule has 2 rings (SSSR count). The molecular weight excluding hydrogens is 338 g/mol. The van der Waals surface area contributed by atoms with Gasteiger partial charge in [-0.3, -0.25) is 0 Å². The summed E-state index contributed by atoms with van der Waals surface area (Å²) in [7, 11) is 1.05. The zero-order valence-electron chi connectivity index (χ0n) is 13.4. The summed E-state index contributed by atoms with van der Waals surface area (Å²) >= 11 is 5.18. The van der Waals surface area contributed by atoms with E-state index in [-0.39, 0.29) is 4.90 Å². The lowest BCUT2D eigenvalue weighted by Crippen LogP contribution is -2.52. The highest BCUT2D eigenvalue weighted by molar-refractivity contribution is 7.89. The van der Waals surface area contributed by atoms with Crippen molar-refractivity contribution in [1.29, 1.82) is 0 Å². The summed E-state index contributed by atoms with van der Waals surface area (Å²) in [6.45, 7) is 1.82. The fourth-order valence-corrected chi connectivity index (χ4v) is 4.19. The molecule has 23 heavy (non-hydrogen) atoms. The molecule has 1 aliphatic rings. The van der Waals surface area contributed by atoms with E-state index in [2.05, 4.69) is 5.32 Å². The van der Waals surface area contributed by atoms with E-state index in [1.54, 1.807) is 19.2 Å². The maximum atomic E-state index is 12.9. The summed E-state index contributed by atoms with van der Waals surface area (Å²) in [5.41, 5.74) is 0. The van der Waals surface area contributed by atoms with Gasteiger partial charge in [0.05, 0.1) is 14.2 Å². The minimum Gasteiger partial charge on any atom is -0.497 e. The van der Waals surface area contributed by atoms with Gasteiger partial charge in [-0.1, -0.05) is 0 Å². The number of nitrogens with one attached hydrogen (secondary N) is 1. The topological polar surface area (TPSA) is 71.1 Å². The number of nitrogens with zero attached hydrogens (tertiary/aromatic N) is 2.